The summed E-state index contributed by atoms with van der Waals surface area (Å²) in [5.74, 6) is 0.240. The van der Waals surface area contributed by atoms with Crippen molar-refractivity contribution in [3.8, 4) is 0 Å². The van der Waals surface area contributed by atoms with Crippen LogP contribution in [0.1, 0.15) is 24.1 Å². The van der Waals surface area contributed by atoms with Crippen molar-refractivity contribution in [2.24, 2.45) is 5.73 Å². The van der Waals surface area contributed by atoms with Gasteiger partial charge in [-0.1, -0.05) is 0 Å². The molecule has 0 saturated carbocycles. The zero-order valence-electron chi connectivity index (χ0n) is 9.69. The Hall–Kier alpha value is -0.390. The van der Waals surface area contributed by atoms with E-state index in [1.807, 2.05) is 4.90 Å². The summed E-state index contributed by atoms with van der Waals surface area (Å²) in [6.45, 7) is 1.60. The van der Waals surface area contributed by atoms with Gasteiger partial charge in [-0.15, -0.1) is 11.3 Å². The highest BCUT2D eigenvalue weighted by Crippen LogP contribution is 2.21. The molecule has 2 N–H and O–H groups in total. The molecule has 5 heteroatoms. The molecule has 0 radical (unpaired) electrons. The molecular formula is C12H17BrN2OS. The molecule has 1 atom stereocenters. The summed E-state index contributed by atoms with van der Waals surface area (Å²) in [4.78, 5) is 15.2. The Morgan fingerprint density at radius 1 is 1.65 bits per heavy atom. The molecule has 0 aliphatic carbocycles. The summed E-state index contributed by atoms with van der Waals surface area (Å²) in [5, 5.41) is 2.05. The van der Waals surface area contributed by atoms with Crippen molar-refractivity contribution in [1.29, 1.82) is 0 Å². The Balaban J connectivity index is 1.80. The third-order valence-electron chi connectivity index (χ3n) is 3.02. The summed E-state index contributed by atoms with van der Waals surface area (Å²) in [7, 11) is 0. The molecule has 2 heterocycles. The molecule has 2 rings (SSSR count). The van der Waals surface area contributed by atoms with Crippen molar-refractivity contribution in [3.63, 3.8) is 0 Å². The molecule has 1 aliphatic rings. The highest BCUT2D eigenvalue weighted by molar-refractivity contribution is 9.10. The van der Waals surface area contributed by atoms with E-state index in [4.69, 9.17) is 5.73 Å². The molecular weight excluding hydrogens is 300 g/mol. The number of thiophene rings is 1. The quantitative estimate of drug-likeness (QED) is 0.930. The minimum absolute atomic E-state index is 0.170. The lowest BCUT2D eigenvalue weighted by molar-refractivity contribution is -0.132. The van der Waals surface area contributed by atoms with E-state index in [1.165, 1.54) is 4.88 Å². The molecule has 1 aliphatic heterocycles. The average Bonchev–Trinajstić information content (AvgIpc) is 2.72. The van der Waals surface area contributed by atoms with Gasteiger partial charge in [0.15, 0.2) is 0 Å². The van der Waals surface area contributed by atoms with E-state index < -0.39 is 0 Å². The summed E-state index contributed by atoms with van der Waals surface area (Å²) in [6, 6.07) is 2.25. The van der Waals surface area contributed by atoms with Crippen LogP contribution in [0.3, 0.4) is 0 Å². The van der Waals surface area contributed by atoms with Gasteiger partial charge in [0, 0.05) is 40.3 Å². The van der Waals surface area contributed by atoms with Gasteiger partial charge in [-0.2, -0.15) is 0 Å². The minimum atomic E-state index is 0.170. The van der Waals surface area contributed by atoms with E-state index >= 15 is 0 Å². The zero-order valence-corrected chi connectivity index (χ0v) is 12.1. The predicted octanol–water partition coefficient (Wildman–Crippen LogP) is 2.39. The van der Waals surface area contributed by atoms with E-state index in [0.29, 0.717) is 6.42 Å². The van der Waals surface area contributed by atoms with Gasteiger partial charge < -0.3 is 10.6 Å². The van der Waals surface area contributed by atoms with Crippen molar-refractivity contribution in [1.82, 2.24) is 4.90 Å². The Morgan fingerprint density at radius 3 is 3.12 bits per heavy atom. The second kappa shape index (κ2) is 5.98. The molecule has 94 valence electrons. The van der Waals surface area contributed by atoms with Gasteiger partial charge in [-0.3, -0.25) is 4.79 Å². The Kier molecular flexibility index (Phi) is 4.59. The number of carbonyl (C=O) groups excluding carboxylic acids is 1. The Labute approximate surface area is 114 Å². The highest BCUT2D eigenvalue weighted by Gasteiger charge is 2.20. The number of carbonyl (C=O) groups is 1. The topological polar surface area (TPSA) is 46.3 Å². The molecule has 3 nitrogen and oxygen atoms in total. The fourth-order valence-electron chi connectivity index (χ4n) is 2.11. The van der Waals surface area contributed by atoms with Crippen molar-refractivity contribution in [3.05, 3.63) is 20.8 Å². The number of nitrogens with zero attached hydrogens (tertiary/aromatic N) is 1. The molecule has 17 heavy (non-hydrogen) atoms. The highest BCUT2D eigenvalue weighted by atomic mass is 79.9. The molecule has 0 spiro atoms. The summed E-state index contributed by atoms with van der Waals surface area (Å²) in [6.07, 6.45) is 3.51. The number of hydrogen-bond donors (Lipinski definition) is 1. The maximum Gasteiger partial charge on any atom is 0.222 e. The van der Waals surface area contributed by atoms with Crippen molar-refractivity contribution >= 4 is 33.2 Å². The third kappa shape index (κ3) is 3.79. The lowest BCUT2D eigenvalue weighted by Crippen LogP contribution is -2.45. The van der Waals surface area contributed by atoms with Crippen LogP contribution >= 0.6 is 27.3 Å². The van der Waals surface area contributed by atoms with Crippen LogP contribution in [0.2, 0.25) is 0 Å². The number of amides is 1. The van der Waals surface area contributed by atoms with Gasteiger partial charge in [-0.25, -0.2) is 0 Å². The number of nitrogens with two attached hydrogens (primary N) is 1. The molecule has 1 aromatic heterocycles. The van der Waals surface area contributed by atoms with Crippen LogP contribution in [0.4, 0.5) is 0 Å². The predicted molar refractivity (Wildman–Crippen MR) is 74.1 cm³/mol. The second-order valence-electron chi connectivity index (χ2n) is 4.47. The van der Waals surface area contributed by atoms with E-state index in [9.17, 15) is 4.79 Å². The zero-order chi connectivity index (χ0) is 12.3. The standard InChI is InChI=1S/C12H17BrN2OS/c13-9-6-11(17-8-9)3-4-12(16)15-5-1-2-10(14)7-15/h6,8,10H,1-5,7,14H2. The number of hydrogen-bond acceptors (Lipinski definition) is 3. The van der Waals surface area contributed by atoms with E-state index in [2.05, 4.69) is 27.4 Å². The van der Waals surface area contributed by atoms with Crippen molar-refractivity contribution in [2.75, 3.05) is 13.1 Å². The first-order valence-electron chi connectivity index (χ1n) is 5.91. The SMILES string of the molecule is NC1CCCN(C(=O)CCc2cc(Br)cs2)C1. The average molecular weight is 317 g/mol. The van der Waals surface area contributed by atoms with Crippen LogP contribution < -0.4 is 5.73 Å². The van der Waals surface area contributed by atoms with E-state index in [1.54, 1.807) is 11.3 Å². The lowest BCUT2D eigenvalue weighted by atomic mass is 10.1. The largest absolute Gasteiger partial charge is 0.341 e. The van der Waals surface area contributed by atoms with Gasteiger partial charge in [0.05, 0.1) is 0 Å². The fourth-order valence-corrected chi connectivity index (χ4v) is 3.56. The maximum atomic E-state index is 12.0. The number of likely N-dealkylation sites (tertiary alicyclic amines) is 1. The Morgan fingerprint density at radius 2 is 2.47 bits per heavy atom. The first-order valence-corrected chi connectivity index (χ1v) is 7.58. The molecule has 1 aromatic rings. The lowest BCUT2D eigenvalue weighted by Gasteiger charge is -2.30. The molecule has 0 aromatic carbocycles. The first kappa shape index (κ1) is 13.1. The fraction of sp³-hybridized carbons (Fsp3) is 0.583. The molecule has 1 fully saturated rings. The van der Waals surface area contributed by atoms with Crippen LogP contribution in [-0.2, 0) is 11.2 Å². The van der Waals surface area contributed by atoms with Gasteiger partial charge in [0.2, 0.25) is 5.91 Å². The normalized spacial score (nSPS) is 20.6. The summed E-state index contributed by atoms with van der Waals surface area (Å²) in [5.41, 5.74) is 5.88. The van der Waals surface area contributed by atoms with Crippen LogP contribution in [0.5, 0.6) is 0 Å². The van der Waals surface area contributed by atoms with Crippen LogP contribution in [0.15, 0.2) is 15.9 Å². The van der Waals surface area contributed by atoms with Crippen LogP contribution in [0.25, 0.3) is 0 Å². The smallest absolute Gasteiger partial charge is 0.222 e. The van der Waals surface area contributed by atoms with E-state index in [-0.39, 0.29) is 11.9 Å². The van der Waals surface area contributed by atoms with Gasteiger partial charge in [-0.05, 0) is 41.3 Å². The van der Waals surface area contributed by atoms with E-state index in [0.717, 1.165) is 36.8 Å². The summed E-state index contributed by atoms with van der Waals surface area (Å²) < 4.78 is 1.10. The molecule has 1 unspecified atom stereocenters. The minimum Gasteiger partial charge on any atom is -0.341 e. The van der Waals surface area contributed by atoms with Gasteiger partial charge in [0.1, 0.15) is 0 Å². The first-order chi connectivity index (χ1) is 8.15. The number of halogens is 1. The van der Waals surface area contributed by atoms with Crippen LogP contribution in [-0.4, -0.2) is 29.9 Å². The number of piperidine rings is 1. The van der Waals surface area contributed by atoms with Crippen molar-refractivity contribution in [2.45, 2.75) is 31.7 Å². The third-order valence-corrected chi connectivity index (χ3v) is 4.77. The Bertz CT molecular complexity index is 394. The number of rotatable bonds is 3. The van der Waals surface area contributed by atoms with Crippen molar-refractivity contribution < 1.29 is 4.79 Å². The molecule has 0 bridgehead atoms. The van der Waals surface area contributed by atoms with Crippen LogP contribution in [0, 0.1) is 0 Å². The number of aryl methyl sites for hydroxylation is 1. The summed E-state index contributed by atoms with van der Waals surface area (Å²) >= 11 is 5.12. The van der Waals surface area contributed by atoms with Gasteiger partial charge in [0.25, 0.3) is 0 Å². The van der Waals surface area contributed by atoms with Gasteiger partial charge >= 0.3 is 0 Å². The molecule has 1 amide bonds. The maximum absolute atomic E-state index is 12.0. The molecule has 1 saturated heterocycles. The monoisotopic (exact) mass is 316 g/mol. The second-order valence-corrected chi connectivity index (χ2v) is 6.38.